The minimum atomic E-state index is -0.108. The van der Waals surface area contributed by atoms with E-state index in [0.29, 0.717) is 12.5 Å². The zero-order valence-electron chi connectivity index (χ0n) is 9.45. The van der Waals surface area contributed by atoms with Gasteiger partial charge in [0.05, 0.1) is 6.61 Å². The second-order valence-corrected chi connectivity index (χ2v) is 5.90. The summed E-state index contributed by atoms with van der Waals surface area (Å²) in [4.78, 5) is 10.9. The molecule has 4 bridgehead atoms. The predicted octanol–water partition coefficient (Wildman–Crippen LogP) is 2.62. The first kappa shape index (κ1) is 9.68. The van der Waals surface area contributed by atoms with E-state index in [1.165, 1.54) is 39.0 Å². The number of hydrogen-bond acceptors (Lipinski definition) is 2. The number of carbonyl (C=O) groups excluding carboxylic acids is 1. The van der Waals surface area contributed by atoms with Crippen LogP contribution in [0.2, 0.25) is 0 Å². The fourth-order valence-corrected chi connectivity index (χ4v) is 4.52. The maximum atomic E-state index is 10.9. The van der Waals surface area contributed by atoms with Crippen LogP contribution in [0, 0.1) is 29.6 Å². The van der Waals surface area contributed by atoms with E-state index in [1.54, 1.807) is 0 Å². The van der Waals surface area contributed by atoms with Gasteiger partial charge in [-0.05, 0) is 61.7 Å². The van der Waals surface area contributed by atoms with Crippen molar-refractivity contribution in [2.45, 2.75) is 39.0 Å². The smallest absolute Gasteiger partial charge is 0.302 e. The first-order chi connectivity index (χ1) is 7.22. The molecule has 4 saturated carbocycles. The molecule has 0 aromatic carbocycles. The Kier molecular flexibility index (Phi) is 2.26. The molecule has 0 saturated heterocycles. The molecular formula is C13H20O2. The molecule has 0 spiro atoms. The lowest BCUT2D eigenvalue weighted by Crippen LogP contribution is -2.46. The van der Waals surface area contributed by atoms with Crippen molar-refractivity contribution in [3.8, 4) is 0 Å². The van der Waals surface area contributed by atoms with E-state index in [0.717, 1.165) is 23.7 Å². The van der Waals surface area contributed by atoms with E-state index >= 15 is 0 Å². The highest BCUT2D eigenvalue weighted by Crippen LogP contribution is 2.56. The van der Waals surface area contributed by atoms with Crippen molar-refractivity contribution in [1.82, 2.24) is 0 Å². The van der Waals surface area contributed by atoms with Gasteiger partial charge in [-0.25, -0.2) is 0 Å². The van der Waals surface area contributed by atoms with Crippen LogP contribution in [0.5, 0.6) is 0 Å². The fraction of sp³-hybridized carbons (Fsp3) is 0.923. The van der Waals surface area contributed by atoms with Crippen molar-refractivity contribution >= 4 is 5.97 Å². The third-order valence-corrected chi connectivity index (χ3v) is 4.90. The van der Waals surface area contributed by atoms with Crippen molar-refractivity contribution in [2.24, 2.45) is 29.6 Å². The van der Waals surface area contributed by atoms with E-state index in [-0.39, 0.29) is 5.97 Å². The zero-order valence-corrected chi connectivity index (χ0v) is 9.45. The van der Waals surface area contributed by atoms with Gasteiger partial charge in [-0.2, -0.15) is 0 Å². The maximum absolute atomic E-state index is 10.9. The van der Waals surface area contributed by atoms with Crippen LogP contribution in [0.4, 0.5) is 0 Å². The molecular weight excluding hydrogens is 188 g/mol. The predicted molar refractivity (Wildman–Crippen MR) is 57.2 cm³/mol. The van der Waals surface area contributed by atoms with Crippen LogP contribution in [0.15, 0.2) is 0 Å². The first-order valence-corrected chi connectivity index (χ1v) is 6.35. The Morgan fingerprint density at radius 2 is 1.60 bits per heavy atom. The lowest BCUT2D eigenvalue weighted by molar-refractivity contribution is -0.147. The molecule has 0 aliphatic heterocycles. The molecule has 84 valence electrons. The molecule has 0 heterocycles. The molecule has 4 aliphatic rings. The summed E-state index contributed by atoms with van der Waals surface area (Å²) in [5, 5.41) is 0. The second kappa shape index (κ2) is 3.50. The summed E-state index contributed by atoms with van der Waals surface area (Å²) in [7, 11) is 0. The summed E-state index contributed by atoms with van der Waals surface area (Å²) in [6, 6.07) is 0. The van der Waals surface area contributed by atoms with Crippen LogP contribution in [0.25, 0.3) is 0 Å². The summed E-state index contributed by atoms with van der Waals surface area (Å²) in [5.41, 5.74) is 0. The summed E-state index contributed by atoms with van der Waals surface area (Å²) in [6.45, 7) is 2.22. The Hall–Kier alpha value is -0.530. The molecule has 0 atom stereocenters. The van der Waals surface area contributed by atoms with Crippen molar-refractivity contribution in [3.63, 3.8) is 0 Å². The Labute approximate surface area is 91.4 Å². The van der Waals surface area contributed by atoms with Crippen molar-refractivity contribution in [3.05, 3.63) is 0 Å². The van der Waals surface area contributed by atoms with Gasteiger partial charge in [0.15, 0.2) is 0 Å². The van der Waals surface area contributed by atoms with Gasteiger partial charge in [-0.15, -0.1) is 0 Å². The number of carbonyl (C=O) groups is 1. The van der Waals surface area contributed by atoms with E-state index in [2.05, 4.69) is 0 Å². The topological polar surface area (TPSA) is 26.3 Å². The molecule has 0 radical (unpaired) electrons. The summed E-state index contributed by atoms with van der Waals surface area (Å²) < 4.78 is 5.23. The fourth-order valence-electron chi connectivity index (χ4n) is 4.52. The lowest BCUT2D eigenvalue weighted by atomic mass is 9.52. The average molecular weight is 208 g/mol. The van der Waals surface area contributed by atoms with E-state index in [1.807, 2.05) is 0 Å². The van der Waals surface area contributed by atoms with Gasteiger partial charge < -0.3 is 4.74 Å². The van der Waals surface area contributed by atoms with Crippen LogP contribution >= 0.6 is 0 Å². The standard InChI is InChI=1S/C13H20O2/c1-8(14)15-7-13-11-3-9-2-10(5-11)6-12(13)4-9/h9-13H,2-7H2,1H3. The molecule has 4 aliphatic carbocycles. The number of esters is 1. The summed E-state index contributed by atoms with van der Waals surface area (Å²) in [6.07, 6.45) is 7.16. The molecule has 4 fully saturated rings. The van der Waals surface area contributed by atoms with Crippen LogP contribution in [0.3, 0.4) is 0 Å². The van der Waals surface area contributed by atoms with Gasteiger partial charge in [-0.3, -0.25) is 4.79 Å². The zero-order chi connectivity index (χ0) is 10.4. The highest BCUT2D eigenvalue weighted by Gasteiger charge is 2.48. The number of hydrogen-bond donors (Lipinski definition) is 0. The Morgan fingerprint density at radius 1 is 1.07 bits per heavy atom. The minimum absolute atomic E-state index is 0.108. The van der Waals surface area contributed by atoms with Crippen LogP contribution < -0.4 is 0 Å². The SMILES string of the molecule is CC(=O)OCC1C2CC3CC(C2)CC1C3. The highest BCUT2D eigenvalue weighted by molar-refractivity contribution is 5.65. The molecule has 0 N–H and O–H groups in total. The van der Waals surface area contributed by atoms with E-state index in [9.17, 15) is 4.79 Å². The molecule has 2 nitrogen and oxygen atoms in total. The van der Waals surface area contributed by atoms with Gasteiger partial charge in [0.2, 0.25) is 0 Å². The Bertz CT molecular complexity index is 244. The molecule has 0 aromatic rings. The molecule has 0 amide bonds. The molecule has 0 unspecified atom stereocenters. The largest absolute Gasteiger partial charge is 0.466 e. The molecule has 4 rings (SSSR count). The highest BCUT2D eigenvalue weighted by atomic mass is 16.5. The van der Waals surface area contributed by atoms with Gasteiger partial charge in [0, 0.05) is 6.92 Å². The average Bonchev–Trinajstić information content (AvgIpc) is 2.14. The minimum Gasteiger partial charge on any atom is -0.466 e. The maximum Gasteiger partial charge on any atom is 0.302 e. The monoisotopic (exact) mass is 208 g/mol. The second-order valence-electron chi connectivity index (χ2n) is 5.90. The summed E-state index contributed by atoms with van der Waals surface area (Å²) in [5.74, 6) is 4.37. The lowest BCUT2D eigenvalue weighted by Gasteiger charge is -2.54. The van der Waals surface area contributed by atoms with Crippen LogP contribution in [-0.2, 0) is 9.53 Å². The number of ether oxygens (including phenoxy) is 1. The van der Waals surface area contributed by atoms with E-state index in [4.69, 9.17) is 4.74 Å². The van der Waals surface area contributed by atoms with Gasteiger partial charge in [0.1, 0.15) is 0 Å². The van der Waals surface area contributed by atoms with Crippen LogP contribution in [-0.4, -0.2) is 12.6 Å². The third kappa shape index (κ3) is 1.68. The van der Waals surface area contributed by atoms with Gasteiger partial charge >= 0.3 is 5.97 Å². The van der Waals surface area contributed by atoms with Crippen LogP contribution in [0.1, 0.15) is 39.0 Å². The van der Waals surface area contributed by atoms with Crippen molar-refractivity contribution < 1.29 is 9.53 Å². The van der Waals surface area contributed by atoms with Gasteiger partial charge in [-0.1, -0.05) is 0 Å². The Balaban J connectivity index is 1.67. The van der Waals surface area contributed by atoms with Crippen molar-refractivity contribution in [1.29, 1.82) is 0 Å². The molecule has 15 heavy (non-hydrogen) atoms. The Morgan fingerprint density at radius 3 is 2.07 bits per heavy atom. The quantitative estimate of drug-likeness (QED) is 0.652. The third-order valence-electron chi connectivity index (χ3n) is 4.90. The van der Waals surface area contributed by atoms with Crippen molar-refractivity contribution in [2.75, 3.05) is 6.61 Å². The summed E-state index contributed by atoms with van der Waals surface area (Å²) >= 11 is 0. The molecule has 0 aromatic heterocycles. The first-order valence-electron chi connectivity index (χ1n) is 6.35. The number of rotatable bonds is 2. The molecule has 2 heteroatoms. The van der Waals surface area contributed by atoms with Gasteiger partial charge in [0.25, 0.3) is 0 Å². The van der Waals surface area contributed by atoms with E-state index < -0.39 is 0 Å². The normalized spacial score (nSPS) is 46.9.